The zero-order valence-corrected chi connectivity index (χ0v) is 12.0. The maximum absolute atomic E-state index is 11.9. The van der Waals surface area contributed by atoms with Crippen molar-refractivity contribution in [2.75, 3.05) is 18.0 Å². The molecule has 0 aliphatic carbocycles. The Kier molecular flexibility index (Phi) is 3.48. The molecule has 3 rings (SSSR count). The predicted molar refractivity (Wildman–Crippen MR) is 77.2 cm³/mol. The van der Waals surface area contributed by atoms with Crippen LogP contribution in [0.3, 0.4) is 0 Å². The number of hydrogen-bond donors (Lipinski definition) is 0. The fourth-order valence-electron chi connectivity index (χ4n) is 2.61. The minimum Gasteiger partial charge on any atom is -0.367 e. The standard InChI is InChI=1S/C13H16ClN5O/c1-17-13(20)12(14)11(8-16-17)18-6-2-4-10(9-18)19-7-3-5-15-19/h3,5,7-8,10H,2,4,6,9H2,1H3. The van der Waals surface area contributed by atoms with Crippen LogP contribution in [-0.2, 0) is 7.05 Å². The van der Waals surface area contributed by atoms with Crippen LogP contribution in [0.4, 0.5) is 5.69 Å². The van der Waals surface area contributed by atoms with E-state index in [2.05, 4.69) is 15.1 Å². The van der Waals surface area contributed by atoms with E-state index < -0.39 is 0 Å². The molecule has 0 aromatic carbocycles. The molecule has 1 unspecified atom stereocenters. The van der Waals surface area contributed by atoms with Crippen molar-refractivity contribution in [2.45, 2.75) is 18.9 Å². The third-order valence-corrected chi connectivity index (χ3v) is 4.05. The molecule has 7 heteroatoms. The Morgan fingerprint density at radius 3 is 3.00 bits per heavy atom. The first-order valence-electron chi connectivity index (χ1n) is 6.62. The lowest BCUT2D eigenvalue weighted by Crippen LogP contribution is -2.38. The van der Waals surface area contributed by atoms with Gasteiger partial charge in [0, 0.05) is 32.5 Å². The molecule has 2 aromatic heterocycles. The molecule has 3 heterocycles. The summed E-state index contributed by atoms with van der Waals surface area (Å²) in [4.78, 5) is 14.0. The first-order chi connectivity index (χ1) is 9.66. The van der Waals surface area contributed by atoms with E-state index in [-0.39, 0.29) is 10.6 Å². The zero-order valence-electron chi connectivity index (χ0n) is 11.2. The molecule has 0 amide bonds. The third-order valence-electron chi connectivity index (χ3n) is 3.70. The number of aromatic nitrogens is 4. The van der Waals surface area contributed by atoms with E-state index in [1.54, 1.807) is 19.4 Å². The first-order valence-corrected chi connectivity index (χ1v) is 7.00. The van der Waals surface area contributed by atoms with Crippen LogP contribution in [0.25, 0.3) is 0 Å². The van der Waals surface area contributed by atoms with Crippen molar-refractivity contribution in [1.82, 2.24) is 19.6 Å². The van der Waals surface area contributed by atoms with Crippen molar-refractivity contribution >= 4 is 17.3 Å². The van der Waals surface area contributed by atoms with Crippen molar-refractivity contribution in [3.63, 3.8) is 0 Å². The lowest BCUT2D eigenvalue weighted by Gasteiger charge is -2.34. The van der Waals surface area contributed by atoms with Crippen LogP contribution >= 0.6 is 11.6 Å². The van der Waals surface area contributed by atoms with E-state index in [0.29, 0.717) is 11.7 Å². The summed E-state index contributed by atoms with van der Waals surface area (Å²) in [6.07, 6.45) is 7.53. The molecule has 20 heavy (non-hydrogen) atoms. The second-order valence-electron chi connectivity index (χ2n) is 5.00. The average molecular weight is 294 g/mol. The smallest absolute Gasteiger partial charge is 0.287 e. The lowest BCUT2D eigenvalue weighted by atomic mass is 10.1. The van der Waals surface area contributed by atoms with Crippen molar-refractivity contribution < 1.29 is 0 Å². The highest BCUT2D eigenvalue weighted by molar-refractivity contribution is 6.33. The van der Waals surface area contributed by atoms with Crippen LogP contribution in [0, 0.1) is 0 Å². The molecule has 0 spiro atoms. The molecule has 0 saturated carbocycles. The average Bonchev–Trinajstić information content (AvgIpc) is 2.99. The van der Waals surface area contributed by atoms with Gasteiger partial charge in [-0.1, -0.05) is 11.6 Å². The summed E-state index contributed by atoms with van der Waals surface area (Å²) in [6, 6.07) is 2.23. The molecule has 0 radical (unpaired) electrons. The fraction of sp³-hybridized carbons (Fsp3) is 0.462. The quantitative estimate of drug-likeness (QED) is 0.841. The van der Waals surface area contributed by atoms with E-state index in [9.17, 15) is 4.79 Å². The van der Waals surface area contributed by atoms with Crippen molar-refractivity contribution in [3.8, 4) is 0 Å². The van der Waals surface area contributed by atoms with Crippen molar-refractivity contribution in [3.05, 3.63) is 40.0 Å². The van der Waals surface area contributed by atoms with Gasteiger partial charge < -0.3 is 4.90 Å². The molecular formula is C13H16ClN5O. The normalized spacial score (nSPS) is 19.3. The monoisotopic (exact) mass is 293 g/mol. The largest absolute Gasteiger partial charge is 0.367 e. The van der Waals surface area contributed by atoms with Gasteiger partial charge in [-0.2, -0.15) is 10.2 Å². The highest BCUT2D eigenvalue weighted by Crippen LogP contribution is 2.28. The molecule has 1 fully saturated rings. The number of anilines is 1. The first kappa shape index (κ1) is 13.2. The summed E-state index contributed by atoms with van der Waals surface area (Å²) >= 11 is 6.17. The van der Waals surface area contributed by atoms with Gasteiger partial charge >= 0.3 is 0 Å². The van der Waals surface area contributed by atoms with Crippen LogP contribution in [-0.4, -0.2) is 32.7 Å². The van der Waals surface area contributed by atoms with E-state index in [1.165, 1.54) is 4.68 Å². The molecule has 2 aromatic rings. The van der Waals surface area contributed by atoms with E-state index in [0.717, 1.165) is 25.9 Å². The number of hydrogen-bond acceptors (Lipinski definition) is 4. The molecule has 0 bridgehead atoms. The summed E-state index contributed by atoms with van der Waals surface area (Å²) in [5.74, 6) is 0. The van der Waals surface area contributed by atoms with Gasteiger partial charge in [0.15, 0.2) is 0 Å². The number of aryl methyl sites for hydroxylation is 1. The highest BCUT2D eigenvalue weighted by atomic mass is 35.5. The summed E-state index contributed by atoms with van der Waals surface area (Å²) in [5.41, 5.74) is 0.456. The minimum absolute atomic E-state index is 0.239. The number of halogens is 1. The molecule has 0 N–H and O–H groups in total. The molecule has 1 atom stereocenters. The second-order valence-corrected chi connectivity index (χ2v) is 5.38. The lowest BCUT2D eigenvalue weighted by molar-refractivity contribution is 0.375. The predicted octanol–water partition coefficient (Wildman–Crippen LogP) is 1.47. The van der Waals surface area contributed by atoms with Gasteiger partial charge in [-0.25, -0.2) is 4.68 Å². The van der Waals surface area contributed by atoms with Crippen molar-refractivity contribution in [2.24, 2.45) is 7.05 Å². The summed E-state index contributed by atoms with van der Waals surface area (Å²) in [5, 5.41) is 8.60. The highest BCUT2D eigenvalue weighted by Gasteiger charge is 2.24. The Morgan fingerprint density at radius 1 is 1.40 bits per heavy atom. The van der Waals surface area contributed by atoms with Crippen LogP contribution in [0.2, 0.25) is 5.02 Å². The Hall–Kier alpha value is -1.82. The number of nitrogens with zero attached hydrogens (tertiary/aromatic N) is 5. The van der Waals surface area contributed by atoms with Crippen molar-refractivity contribution in [1.29, 1.82) is 0 Å². The maximum Gasteiger partial charge on any atom is 0.287 e. The SMILES string of the molecule is Cn1ncc(N2CCCC(n3cccn3)C2)c(Cl)c1=O. The molecule has 1 aliphatic heterocycles. The molecular weight excluding hydrogens is 278 g/mol. The van der Waals surface area contributed by atoms with E-state index in [1.807, 2.05) is 16.9 Å². The molecule has 1 aliphatic rings. The van der Waals surface area contributed by atoms with Gasteiger partial charge in [-0.15, -0.1) is 0 Å². The van der Waals surface area contributed by atoms with Crippen LogP contribution in [0.5, 0.6) is 0 Å². The van der Waals surface area contributed by atoms with Gasteiger partial charge in [-0.3, -0.25) is 9.48 Å². The summed E-state index contributed by atoms with van der Waals surface area (Å²) in [7, 11) is 1.60. The van der Waals surface area contributed by atoms with E-state index in [4.69, 9.17) is 11.6 Å². The number of piperidine rings is 1. The van der Waals surface area contributed by atoms with Gasteiger partial charge in [0.25, 0.3) is 5.56 Å². The number of rotatable bonds is 2. The minimum atomic E-state index is -0.259. The molecule has 106 valence electrons. The Labute approximate surface area is 121 Å². The van der Waals surface area contributed by atoms with Crippen LogP contribution in [0.1, 0.15) is 18.9 Å². The summed E-state index contributed by atoms with van der Waals surface area (Å²) in [6.45, 7) is 1.67. The maximum atomic E-state index is 11.9. The zero-order chi connectivity index (χ0) is 14.1. The van der Waals surface area contributed by atoms with Crippen LogP contribution in [0.15, 0.2) is 29.5 Å². The van der Waals surface area contributed by atoms with Gasteiger partial charge in [0.1, 0.15) is 5.02 Å². The Morgan fingerprint density at radius 2 is 2.25 bits per heavy atom. The van der Waals surface area contributed by atoms with Gasteiger partial charge in [-0.05, 0) is 18.9 Å². The fourth-order valence-corrected chi connectivity index (χ4v) is 2.90. The van der Waals surface area contributed by atoms with Gasteiger partial charge in [0.05, 0.1) is 17.9 Å². The van der Waals surface area contributed by atoms with Crippen LogP contribution < -0.4 is 10.5 Å². The summed E-state index contributed by atoms with van der Waals surface area (Å²) < 4.78 is 3.22. The van der Waals surface area contributed by atoms with Gasteiger partial charge in [0.2, 0.25) is 0 Å². The Bertz CT molecular complexity index is 651. The Balaban J connectivity index is 1.87. The topological polar surface area (TPSA) is 56.0 Å². The molecule has 1 saturated heterocycles. The second kappa shape index (κ2) is 5.28. The molecule has 6 nitrogen and oxygen atoms in total. The van der Waals surface area contributed by atoms with E-state index >= 15 is 0 Å². The third kappa shape index (κ3) is 2.31.